The number of nitrogen functional groups attached to an aromatic ring is 1. The van der Waals surface area contributed by atoms with Gasteiger partial charge in [0.15, 0.2) is 5.82 Å². The Balaban J connectivity index is 1.23. The van der Waals surface area contributed by atoms with Gasteiger partial charge in [0.05, 0.1) is 30.0 Å². The highest BCUT2D eigenvalue weighted by Crippen LogP contribution is 2.43. The van der Waals surface area contributed by atoms with Crippen molar-refractivity contribution in [2.24, 2.45) is 5.92 Å². The molecule has 2 N–H and O–H groups in total. The van der Waals surface area contributed by atoms with Crippen molar-refractivity contribution in [1.82, 2.24) is 14.5 Å². The molecule has 37 heavy (non-hydrogen) atoms. The summed E-state index contributed by atoms with van der Waals surface area (Å²) in [5.41, 5.74) is 11.4. The number of nitrogens with two attached hydrogens (primary N) is 1. The van der Waals surface area contributed by atoms with Gasteiger partial charge in [0.25, 0.3) is 0 Å². The van der Waals surface area contributed by atoms with Crippen LogP contribution in [0.25, 0.3) is 11.0 Å². The fraction of sp³-hybridized carbons (Fsp3) is 0.267. The Labute approximate surface area is 216 Å². The van der Waals surface area contributed by atoms with E-state index in [2.05, 4.69) is 52.7 Å². The van der Waals surface area contributed by atoms with E-state index in [0.717, 1.165) is 45.1 Å². The van der Waals surface area contributed by atoms with Crippen LogP contribution in [0.1, 0.15) is 55.8 Å². The average Bonchev–Trinajstić information content (AvgIpc) is 3.44. The first-order valence-electron chi connectivity index (χ1n) is 12.6. The minimum atomic E-state index is -0.0627. The van der Waals surface area contributed by atoms with Gasteiger partial charge in [-0.15, -0.1) is 0 Å². The van der Waals surface area contributed by atoms with Gasteiger partial charge in [0.1, 0.15) is 35.2 Å². The second kappa shape index (κ2) is 9.41. The number of hydrogen-bond acceptors (Lipinski definition) is 6. The lowest BCUT2D eigenvalue weighted by Gasteiger charge is -2.27. The maximum atomic E-state index is 6.34. The summed E-state index contributed by atoms with van der Waals surface area (Å²) in [5.74, 6) is 2.91. The van der Waals surface area contributed by atoms with Crippen molar-refractivity contribution >= 4 is 16.9 Å². The summed E-state index contributed by atoms with van der Waals surface area (Å²) in [5, 5.41) is 0. The molecule has 0 saturated heterocycles. The van der Waals surface area contributed by atoms with Gasteiger partial charge >= 0.3 is 0 Å². The molecule has 0 bridgehead atoms. The van der Waals surface area contributed by atoms with Gasteiger partial charge in [-0.05, 0) is 43.7 Å². The topological polar surface area (TPSA) is 84.4 Å². The number of rotatable bonds is 6. The quantitative estimate of drug-likeness (QED) is 0.331. The van der Waals surface area contributed by atoms with Crippen LogP contribution in [0.15, 0.2) is 84.9 Å². The summed E-state index contributed by atoms with van der Waals surface area (Å²) in [7, 11) is 0. The van der Waals surface area contributed by atoms with Gasteiger partial charge in [-0.2, -0.15) is 0 Å². The largest absolute Gasteiger partial charge is 0.486 e. The molecule has 0 fully saturated rings. The van der Waals surface area contributed by atoms with Crippen LogP contribution in [0.4, 0.5) is 5.82 Å². The lowest BCUT2D eigenvalue weighted by molar-refractivity contribution is 0.0773. The first kappa shape index (κ1) is 23.3. The van der Waals surface area contributed by atoms with E-state index in [1.54, 1.807) is 0 Å². The first-order valence-corrected chi connectivity index (χ1v) is 12.6. The van der Waals surface area contributed by atoms with Crippen LogP contribution in [-0.4, -0.2) is 14.5 Å². The van der Waals surface area contributed by atoms with Crippen molar-refractivity contribution in [3.05, 3.63) is 102 Å². The van der Waals surface area contributed by atoms with Gasteiger partial charge in [0.2, 0.25) is 0 Å². The van der Waals surface area contributed by atoms with E-state index in [9.17, 15) is 0 Å². The SMILES string of the molecule is CC(Oc1cccc(OC2=CC(C)C(n3c4c(c5ncnc(N)c53)C(C)OC4)C=C2)c1)c1ccccc1. The van der Waals surface area contributed by atoms with E-state index in [1.165, 1.54) is 6.33 Å². The van der Waals surface area contributed by atoms with Crippen molar-refractivity contribution in [2.75, 3.05) is 5.73 Å². The van der Waals surface area contributed by atoms with Crippen LogP contribution in [-0.2, 0) is 11.3 Å². The third-order valence-electron chi connectivity index (χ3n) is 7.17. The van der Waals surface area contributed by atoms with Crippen LogP contribution >= 0.6 is 0 Å². The maximum absolute atomic E-state index is 6.34. The molecule has 1 aliphatic heterocycles. The molecule has 0 radical (unpaired) electrons. The van der Waals surface area contributed by atoms with Crippen LogP contribution in [0.3, 0.4) is 0 Å². The van der Waals surface area contributed by atoms with E-state index in [4.69, 9.17) is 19.9 Å². The molecule has 0 saturated carbocycles. The van der Waals surface area contributed by atoms with Crippen molar-refractivity contribution in [3.63, 3.8) is 0 Å². The molecule has 2 aliphatic rings. The molecule has 7 nitrogen and oxygen atoms in total. The molecular weight excluding hydrogens is 464 g/mol. The van der Waals surface area contributed by atoms with Gasteiger partial charge in [-0.1, -0.05) is 49.4 Å². The average molecular weight is 495 g/mol. The molecule has 4 unspecified atom stereocenters. The lowest BCUT2D eigenvalue weighted by Crippen LogP contribution is -2.20. The Bertz CT molecular complexity index is 1510. The molecule has 0 amide bonds. The number of allylic oxidation sites excluding steroid dienone is 3. The maximum Gasteiger partial charge on any atom is 0.151 e. The number of hydrogen-bond donors (Lipinski definition) is 1. The third kappa shape index (κ3) is 4.25. The predicted molar refractivity (Wildman–Crippen MR) is 143 cm³/mol. The molecular formula is C30H30N4O3. The van der Waals surface area contributed by atoms with Crippen LogP contribution < -0.4 is 15.2 Å². The summed E-state index contributed by atoms with van der Waals surface area (Å²) in [6, 6.07) is 18.0. The van der Waals surface area contributed by atoms with E-state index in [1.807, 2.05) is 55.5 Å². The molecule has 6 rings (SSSR count). The first-order chi connectivity index (χ1) is 18.0. The standard InChI is InChI=1S/C30H30N4O3/c1-18-14-24(37-23-11-7-10-22(15-23)36-19(2)21-8-5-4-6-9-21)12-13-25(18)34-26-16-35-20(3)27(26)28-29(34)30(31)33-17-32-28/h4-15,17-20,25H,16H2,1-3H3,(H2,31,32,33). The predicted octanol–water partition coefficient (Wildman–Crippen LogP) is 6.45. The summed E-state index contributed by atoms with van der Waals surface area (Å²) in [6.07, 6.45) is 7.76. The summed E-state index contributed by atoms with van der Waals surface area (Å²) < 4.78 is 20.6. The monoisotopic (exact) mass is 494 g/mol. The van der Waals surface area contributed by atoms with E-state index < -0.39 is 0 Å². The second-order valence-corrected chi connectivity index (χ2v) is 9.67. The van der Waals surface area contributed by atoms with Crippen molar-refractivity contribution < 1.29 is 14.2 Å². The Morgan fingerprint density at radius 2 is 1.86 bits per heavy atom. The number of nitrogens with zero attached hydrogens (tertiary/aromatic N) is 3. The normalized spacial score (nSPS) is 21.5. The zero-order chi connectivity index (χ0) is 25.5. The number of benzene rings is 2. The number of aromatic nitrogens is 3. The van der Waals surface area contributed by atoms with Gasteiger partial charge in [0, 0.05) is 17.5 Å². The van der Waals surface area contributed by atoms with Gasteiger partial charge in [-0.3, -0.25) is 0 Å². The summed E-state index contributed by atoms with van der Waals surface area (Å²) >= 11 is 0. The highest BCUT2D eigenvalue weighted by atomic mass is 16.5. The Hall–Kier alpha value is -4.10. The Morgan fingerprint density at radius 3 is 2.68 bits per heavy atom. The van der Waals surface area contributed by atoms with Crippen LogP contribution in [0.2, 0.25) is 0 Å². The smallest absolute Gasteiger partial charge is 0.151 e. The highest BCUT2D eigenvalue weighted by Gasteiger charge is 2.34. The molecule has 4 atom stereocenters. The fourth-order valence-electron chi connectivity index (χ4n) is 5.33. The van der Waals surface area contributed by atoms with Crippen LogP contribution in [0, 0.1) is 5.92 Å². The van der Waals surface area contributed by atoms with E-state index in [0.29, 0.717) is 12.4 Å². The summed E-state index contributed by atoms with van der Waals surface area (Å²) in [6.45, 7) is 6.81. The number of fused-ring (bicyclic) bond motifs is 3. The third-order valence-corrected chi connectivity index (χ3v) is 7.17. The van der Waals surface area contributed by atoms with Crippen molar-refractivity contribution in [1.29, 1.82) is 0 Å². The number of anilines is 1. The summed E-state index contributed by atoms with van der Waals surface area (Å²) in [4.78, 5) is 8.83. The van der Waals surface area contributed by atoms with Crippen molar-refractivity contribution in [3.8, 4) is 11.5 Å². The minimum absolute atomic E-state index is 0.0236. The van der Waals surface area contributed by atoms with Gasteiger partial charge in [-0.25, -0.2) is 9.97 Å². The lowest BCUT2D eigenvalue weighted by atomic mass is 9.95. The van der Waals surface area contributed by atoms with Crippen LogP contribution in [0.5, 0.6) is 11.5 Å². The number of ether oxygens (including phenoxy) is 3. The zero-order valence-electron chi connectivity index (χ0n) is 21.2. The molecule has 4 aromatic rings. The fourth-order valence-corrected chi connectivity index (χ4v) is 5.33. The molecule has 1 aliphatic carbocycles. The molecule has 7 heteroatoms. The molecule has 0 spiro atoms. The Morgan fingerprint density at radius 1 is 1.05 bits per heavy atom. The van der Waals surface area contributed by atoms with E-state index >= 15 is 0 Å². The molecule has 188 valence electrons. The zero-order valence-corrected chi connectivity index (χ0v) is 21.2. The highest BCUT2D eigenvalue weighted by molar-refractivity contribution is 5.90. The molecule has 3 heterocycles. The second-order valence-electron chi connectivity index (χ2n) is 9.67. The van der Waals surface area contributed by atoms with Crippen molar-refractivity contribution in [2.45, 2.75) is 45.6 Å². The molecule has 2 aromatic heterocycles. The Kier molecular flexibility index (Phi) is 5.93. The molecule has 2 aromatic carbocycles. The van der Waals surface area contributed by atoms with Gasteiger partial charge < -0.3 is 24.5 Å². The van der Waals surface area contributed by atoms with E-state index in [-0.39, 0.29) is 24.2 Å². The minimum Gasteiger partial charge on any atom is -0.486 e.